The maximum Gasteiger partial charge on any atom is 0.310 e. The number of thioether (sulfide) groups is 1. The number of carbonyl (C=O) groups is 2. The normalized spacial score (nSPS) is 12.5. The Labute approximate surface area is 164 Å². The summed E-state index contributed by atoms with van der Waals surface area (Å²) < 4.78 is 40.4. The highest BCUT2D eigenvalue weighted by Gasteiger charge is 2.14. The highest BCUT2D eigenvalue weighted by atomic mass is 32.2. The summed E-state index contributed by atoms with van der Waals surface area (Å²) in [6.45, 7) is 0.483. The average Bonchev–Trinajstić information content (AvgIpc) is 2.67. The molecule has 0 aliphatic carbocycles. The van der Waals surface area contributed by atoms with E-state index in [0.29, 0.717) is 52.6 Å². The summed E-state index contributed by atoms with van der Waals surface area (Å²) in [6.07, 6.45) is -0.0104. The fraction of sp³-hybridized carbons (Fsp3) is 0.263. The number of halogens is 2. The van der Waals surface area contributed by atoms with E-state index in [1.807, 2.05) is 0 Å². The first-order valence-corrected chi connectivity index (χ1v) is 9.26. The van der Waals surface area contributed by atoms with Gasteiger partial charge in [-0.05, 0) is 42.0 Å². The molecule has 2 aromatic rings. The van der Waals surface area contributed by atoms with Crippen LogP contribution in [0.15, 0.2) is 47.4 Å². The van der Waals surface area contributed by atoms with E-state index in [1.54, 1.807) is 18.2 Å². The van der Waals surface area contributed by atoms with Gasteiger partial charge < -0.3 is 19.5 Å². The summed E-state index contributed by atoms with van der Waals surface area (Å²) in [4.78, 5) is 24.2. The number of alkyl halides is 2. The van der Waals surface area contributed by atoms with Gasteiger partial charge in [-0.15, -0.1) is 0 Å². The minimum atomic E-state index is -2.51. The van der Waals surface area contributed by atoms with Gasteiger partial charge in [0.1, 0.15) is 13.2 Å². The van der Waals surface area contributed by atoms with Crippen molar-refractivity contribution in [2.45, 2.75) is 17.1 Å². The Hall–Kier alpha value is -2.81. The van der Waals surface area contributed by atoms with Crippen molar-refractivity contribution in [3.05, 3.63) is 48.0 Å². The number of benzene rings is 2. The van der Waals surface area contributed by atoms with Crippen LogP contribution in [-0.4, -0.2) is 37.5 Å². The second-order valence-electron chi connectivity index (χ2n) is 5.77. The molecule has 0 atom stereocenters. The van der Waals surface area contributed by atoms with Crippen molar-refractivity contribution in [3.63, 3.8) is 0 Å². The standard InChI is InChI=1S/C19H17F2NO5S/c20-19(21)28-14-4-2-13(3-5-14)22-17(23)11-27-18(24)10-12-1-6-15-16(9-12)26-8-7-25-15/h1-6,9,19H,7-8,10-11H2,(H,22,23). The zero-order valence-electron chi connectivity index (χ0n) is 14.7. The lowest BCUT2D eigenvalue weighted by molar-refractivity contribution is -0.146. The van der Waals surface area contributed by atoms with E-state index >= 15 is 0 Å². The van der Waals surface area contributed by atoms with Crippen LogP contribution < -0.4 is 14.8 Å². The van der Waals surface area contributed by atoms with E-state index in [1.165, 1.54) is 24.3 Å². The number of ether oxygens (including phenoxy) is 3. The molecule has 9 heteroatoms. The summed E-state index contributed by atoms with van der Waals surface area (Å²) in [5.74, 6) is -2.39. The van der Waals surface area contributed by atoms with Crippen LogP contribution in [0.5, 0.6) is 11.5 Å². The van der Waals surface area contributed by atoms with Crippen molar-refractivity contribution in [2.75, 3.05) is 25.1 Å². The molecule has 0 fully saturated rings. The lowest BCUT2D eigenvalue weighted by Gasteiger charge is -2.18. The lowest BCUT2D eigenvalue weighted by atomic mass is 10.1. The second kappa shape index (κ2) is 9.41. The van der Waals surface area contributed by atoms with E-state index in [0.717, 1.165) is 0 Å². The summed E-state index contributed by atoms with van der Waals surface area (Å²) in [6, 6.07) is 11.1. The van der Waals surface area contributed by atoms with E-state index in [-0.39, 0.29) is 6.42 Å². The van der Waals surface area contributed by atoms with Crippen molar-refractivity contribution >= 4 is 29.3 Å². The number of anilines is 1. The maximum absolute atomic E-state index is 12.3. The third-order valence-electron chi connectivity index (χ3n) is 3.68. The first-order chi connectivity index (χ1) is 13.5. The van der Waals surface area contributed by atoms with Crippen LogP contribution >= 0.6 is 11.8 Å². The molecule has 0 saturated heterocycles. The first-order valence-electron chi connectivity index (χ1n) is 8.38. The Morgan fingerprint density at radius 3 is 2.50 bits per heavy atom. The Balaban J connectivity index is 1.44. The van der Waals surface area contributed by atoms with E-state index in [2.05, 4.69) is 5.32 Å². The van der Waals surface area contributed by atoms with Crippen molar-refractivity contribution in [3.8, 4) is 11.5 Å². The number of nitrogens with one attached hydrogen (secondary N) is 1. The minimum Gasteiger partial charge on any atom is -0.486 e. The van der Waals surface area contributed by atoms with Gasteiger partial charge in [-0.25, -0.2) is 0 Å². The van der Waals surface area contributed by atoms with E-state index in [9.17, 15) is 18.4 Å². The van der Waals surface area contributed by atoms with Crippen molar-refractivity contribution in [2.24, 2.45) is 0 Å². The van der Waals surface area contributed by atoms with Crippen molar-refractivity contribution in [1.82, 2.24) is 0 Å². The maximum atomic E-state index is 12.3. The van der Waals surface area contributed by atoms with Gasteiger partial charge in [-0.2, -0.15) is 8.78 Å². The summed E-state index contributed by atoms with van der Waals surface area (Å²) in [5, 5.41) is 2.53. The molecule has 0 spiro atoms. The molecule has 1 aliphatic rings. The first kappa shape index (κ1) is 19.9. The molecule has 0 unspecified atom stereocenters. The Morgan fingerprint density at radius 2 is 1.79 bits per heavy atom. The van der Waals surface area contributed by atoms with Gasteiger partial charge in [0.15, 0.2) is 18.1 Å². The molecule has 148 valence electrons. The van der Waals surface area contributed by atoms with Gasteiger partial charge in [-0.1, -0.05) is 17.8 Å². The number of esters is 1. The molecule has 28 heavy (non-hydrogen) atoms. The molecule has 0 saturated carbocycles. The number of hydrogen-bond acceptors (Lipinski definition) is 6. The van der Waals surface area contributed by atoms with Crippen LogP contribution in [0.2, 0.25) is 0 Å². The van der Waals surface area contributed by atoms with Gasteiger partial charge in [0.05, 0.1) is 6.42 Å². The molecule has 3 rings (SSSR count). The lowest BCUT2D eigenvalue weighted by Crippen LogP contribution is -2.21. The zero-order valence-corrected chi connectivity index (χ0v) is 15.5. The SMILES string of the molecule is O=C(COC(=O)Cc1ccc2c(c1)OCCO2)Nc1ccc(SC(F)F)cc1. The molecule has 1 heterocycles. The Kier molecular flexibility index (Phi) is 6.70. The minimum absolute atomic E-state index is 0.0104. The van der Waals surface area contributed by atoms with Crippen LogP contribution in [0.25, 0.3) is 0 Å². The van der Waals surface area contributed by atoms with Crippen molar-refractivity contribution < 1.29 is 32.6 Å². The average molecular weight is 409 g/mol. The van der Waals surface area contributed by atoms with E-state index < -0.39 is 24.2 Å². The molecule has 1 aliphatic heterocycles. The molecule has 1 N–H and O–H groups in total. The molecule has 0 bridgehead atoms. The summed E-state index contributed by atoms with van der Waals surface area (Å²) in [7, 11) is 0. The van der Waals surface area contributed by atoms with Crippen LogP contribution in [0.3, 0.4) is 0 Å². The molecule has 1 amide bonds. The predicted octanol–water partition coefficient (Wildman–Crippen LogP) is 3.50. The topological polar surface area (TPSA) is 73.9 Å². The number of rotatable bonds is 7. The van der Waals surface area contributed by atoms with E-state index in [4.69, 9.17) is 14.2 Å². The monoisotopic (exact) mass is 409 g/mol. The van der Waals surface area contributed by atoms with Gasteiger partial charge in [-0.3, -0.25) is 9.59 Å². The van der Waals surface area contributed by atoms with Crippen LogP contribution in [0, 0.1) is 0 Å². The highest BCUT2D eigenvalue weighted by molar-refractivity contribution is 7.99. The van der Waals surface area contributed by atoms with Crippen molar-refractivity contribution in [1.29, 1.82) is 0 Å². The van der Waals surface area contributed by atoms with Gasteiger partial charge >= 0.3 is 5.97 Å². The van der Waals surface area contributed by atoms with Crippen LogP contribution in [-0.2, 0) is 20.7 Å². The molecule has 6 nitrogen and oxygen atoms in total. The van der Waals surface area contributed by atoms with Gasteiger partial charge in [0.25, 0.3) is 11.7 Å². The third-order valence-corrected chi connectivity index (χ3v) is 4.41. The number of hydrogen-bond donors (Lipinski definition) is 1. The number of amides is 1. The Bertz CT molecular complexity index is 845. The number of fused-ring (bicyclic) bond motifs is 1. The molecule has 2 aromatic carbocycles. The van der Waals surface area contributed by atoms with Gasteiger partial charge in [0.2, 0.25) is 0 Å². The molecule has 0 radical (unpaired) electrons. The predicted molar refractivity (Wildman–Crippen MR) is 99.0 cm³/mol. The fourth-order valence-electron chi connectivity index (χ4n) is 2.48. The van der Waals surface area contributed by atoms with Crippen LogP contribution in [0.4, 0.5) is 14.5 Å². The molecular formula is C19H17F2NO5S. The van der Waals surface area contributed by atoms with Crippen LogP contribution in [0.1, 0.15) is 5.56 Å². The second-order valence-corrected chi connectivity index (χ2v) is 6.83. The highest BCUT2D eigenvalue weighted by Crippen LogP contribution is 2.31. The molecular weight excluding hydrogens is 392 g/mol. The fourth-order valence-corrected chi connectivity index (χ4v) is 2.98. The summed E-state index contributed by atoms with van der Waals surface area (Å²) >= 11 is 0.417. The quantitative estimate of drug-likeness (QED) is 0.557. The smallest absolute Gasteiger partial charge is 0.310 e. The largest absolute Gasteiger partial charge is 0.486 e. The summed E-state index contributed by atoms with van der Waals surface area (Å²) in [5.41, 5.74) is 1.10. The Morgan fingerprint density at radius 1 is 1.07 bits per heavy atom. The van der Waals surface area contributed by atoms with Gasteiger partial charge in [0, 0.05) is 10.6 Å². The molecule has 0 aromatic heterocycles. The zero-order chi connectivity index (χ0) is 19.9. The third kappa shape index (κ3) is 5.85. The number of carbonyl (C=O) groups excluding carboxylic acids is 2.